The molecule has 0 aliphatic heterocycles. The van der Waals surface area contributed by atoms with Crippen LogP contribution in [0.4, 0.5) is 5.69 Å². The van der Waals surface area contributed by atoms with Crippen molar-refractivity contribution >= 4 is 33.2 Å². The van der Waals surface area contributed by atoms with Crippen LogP contribution in [0.5, 0.6) is 0 Å². The second kappa shape index (κ2) is 11.1. The van der Waals surface area contributed by atoms with Crippen molar-refractivity contribution in [2.45, 2.75) is 56.0 Å². The van der Waals surface area contributed by atoms with Crippen LogP contribution in [0.1, 0.15) is 59.3 Å². The summed E-state index contributed by atoms with van der Waals surface area (Å²) in [6, 6.07) is 20.2. The maximum atomic E-state index is 14.1. The summed E-state index contributed by atoms with van der Waals surface area (Å²) in [6.07, 6.45) is 6.76. The van der Waals surface area contributed by atoms with Crippen molar-refractivity contribution in [3.63, 3.8) is 0 Å². The van der Waals surface area contributed by atoms with E-state index in [0.717, 1.165) is 53.0 Å². The molecule has 2 aliphatic rings. The molecule has 41 heavy (non-hydrogen) atoms. The van der Waals surface area contributed by atoms with Crippen molar-refractivity contribution in [3.05, 3.63) is 112 Å². The zero-order valence-corrected chi connectivity index (χ0v) is 24.7. The zero-order valence-electron chi connectivity index (χ0n) is 23.1. The number of nitrogens with zero attached hydrogens (tertiary/aromatic N) is 3. The van der Waals surface area contributed by atoms with Gasteiger partial charge in [0.15, 0.2) is 0 Å². The minimum atomic E-state index is -3.72. The third kappa shape index (κ3) is 5.69. The molecule has 0 bridgehead atoms. The Bertz CT molecular complexity index is 1700. The molecule has 3 atom stereocenters. The van der Waals surface area contributed by atoms with E-state index in [9.17, 15) is 13.2 Å². The van der Waals surface area contributed by atoms with Gasteiger partial charge in [0.25, 0.3) is 0 Å². The van der Waals surface area contributed by atoms with Gasteiger partial charge < -0.3 is 9.47 Å². The summed E-state index contributed by atoms with van der Waals surface area (Å²) in [5.74, 6) is 0.682. The maximum Gasteiger partial charge on any atom is 0.241 e. The number of halogens is 1. The van der Waals surface area contributed by atoms with E-state index in [-0.39, 0.29) is 28.7 Å². The smallest absolute Gasteiger partial charge is 0.241 e. The fourth-order valence-electron chi connectivity index (χ4n) is 5.82. The van der Waals surface area contributed by atoms with Crippen LogP contribution in [0, 0.1) is 12.8 Å². The number of aromatic nitrogens is 2. The SMILES string of the molecule is Cc1ccc(S(=O)(=O)N[C@@H]2CCCc3ccc(N(Cc4nccn4C)C(=O)[C@H]4C[C@H]4c4ccccc4Cl)cc32)cc1. The van der Waals surface area contributed by atoms with Gasteiger partial charge in [-0.25, -0.2) is 18.1 Å². The number of amides is 1. The highest BCUT2D eigenvalue weighted by atomic mass is 35.5. The van der Waals surface area contributed by atoms with Crippen LogP contribution in [-0.2, 0) is 34.8 Å². The molecule has 3 aromatic carbocycles. The molecule has 0 radical (unpaired) electrons. The number of fused-ring (bicyclic) bond motifs is 1. The minimum absolute atomic E-state index is 0.0189. The largest absolute Gasteiger partial charge is 0.337 e. The average molecular weight is 589 g/mol. The molecular weight excluding hydrogens is 556 g/mol. The normalized spacial score (nSPS) is 19.9. The molecule has 1 aromatic heterocycles. The molecular formula is C32H33ClN4O3S. The number of carbonyl (C=O) groups is 1. The molecule has 0 unspecified atom stereocenters. The van der Waals surface area contributed by atoms with Gasteiger partial charge in [-0.3, -0.25) is 4.79 Å². The fourth-order valence-corrected chi connectivity index (χ4v) is 7.35. The number of nitrogens with one attached hydrogen (secondary N) is 1. The van der Waals surface area contributed by atoms with Gasteiger partial charge >= 0.3 is 0 Å². The second-order valence-electron chi connectivity index (χ2n) is 11.1. The Morgan fingerprint density at radius 2 is 1.88 bits per heavy atom. The summed E-state index contributed by atoms with van der Waals surface area (Å²) < 4.78 is 31.4. The average Bonchev–Trinajstić information content (AvgIpc) is 3.65. The lowest BCUT2D eigenvalue weighted by atomic mass is 9.87. The van der Waals surface area contributed by atoms with E-state index in [0.29, 0.717) is 18.0 Å². The van der Waals surface area contributed by atoms with E-state index >= 15 is 0 Å². The monoisotopic (exact) mass is 588 g/mol. The number of sulfonamides is 1. The van der Waals surface area contributed by atoms with E-state index in [4.69, 9.17) is 11.6 Å². The first-order valence-electron chi connectivity index (χ1n) is 13.9. The van der Waals surface area contributed by atoms with Crippen LogP contribution in [0.2, 0.25) is 5.02 Å². The van der Waals surface area contributed by atoms with Crippen LogP contribution in [0.3, 0.4) is 0 Å². The summed E-state index contributed by atoms with van der Waals surface area (Å²) in [4.78, 5) is 20.6. The molecule has 2 aliphatic carbocycles. The lowest BCUT2D eigenvalue weighted by Gasteiger charge is -2.29. The van der Waals surface area contributed by atoms with Crippen molar-refractivity contribution in [1.29, 1.82) is 0 Å². The van der Waals surface area contributed by atoms with E-state index in [1.165, 1.54) is 0 Å². The number of hydrogen-bond donors (Lipinski definition) is 1. The first-order chi connectivity index (χ1) is 19.7. The highest BCUT2D eigenvalue weighted by Gasteiger charge is 2.47. The van der Waals surface area contributed by atoms with Gasteiger partial charge in [0, 0.05) is 42.1 Å². The summed E-state index contributed by atoms with van der Waals surface area (Å²) in [7, 11) is -1.80. The molecule has 1 N–H and O–H groups in total. The molecule has 1 amide bonds. The Morgan fingerprint density at radius 3 is 2.61 bits per heavy atom. The van der Waals surface area contributed by atoms with E-state index in [1.807, 2.05) is 67.2 Å². The number of carbonyl (C=O) groups excluding carboxylic acids is 1. The molecule has 212 valence electrons. The number of aryl methyl sites for hydroxylation is 3. The second-order valence-corrected chi connectivity index (χ2v) is 13.2. The van der Waals surface area contributed by atoms with E-state index in [1.54, 1.807) is 35.4 Å². The van der Waals surface area contributed by atoms with E-state index in [2.05, 4.69) is 9.71 Å². The predicted molar refractivity (Wildman–Crippen MR) is 160 cm³/mol. The number of hydrogen-bond acceptors (Lipinski definition) is 4. The number of benzene rings is 3. The molecule has 0 saturated heterocycles. The van der Waals surface area contributed by atoms with Gasteiger partial charge in [-0.1, -0.05) is 53.6 Å². The lowest BCUT2D eigenvalue weighted by molar-refractivity contribution is -0.120. The van der Waals surface area contributed by atoms with Crippen LogP contribution >= 0.6 is 11.6 Å². The molecule has 0 spiro atoms. The quantitative estimate of drug-likeness (QED) is 0.271. The summed E-state index contributed by atoms with van der Waals surface area (Å²) >= 11 is 6.47. The summed E-state index contributed by atoms with van der Waals surface area (Å²) in [5.41, 5.74) is 4.76. The maximum absolute atomic E-state index is 14.1. The molecule has 4 aromatic rings. The van der Waals surface area contributed by atoms with E-state index < -0.39 is 10.0 Å². The van der Waals surface area contributed by atoms with Crippen molar-refractivity contribution in [1.82, 2.24) is 14.3 Å². The Morgan fingerprint density at radius 1 is 1.10 bits per heavy atom. The summed E-state index contributed by atoms with van der Waals surface area (Å²) in [6.45, 7) is 2.24. The number of anilines is 1. The van der Waals surface area contributed by atoms with Crippen molar-refractivity contribution < 1.29 is 13.2 Å². The first-order valence-corrected chi connectivity index (χ1v) is 15.8. The third-order valence-electron chi connectivity index (χ3n) is 8.28. The van der Waals surface area contributed by atoms with Gasteiger partial charge in [-0.15, -0.1) is 0 Å². The van der Waals surface area contributed by atoms with Crippen LogP contribution in [0.25, 0.3) is 0 Å². The Hall–Kier alpha value is -3.46. The summed E-state index contributed by atoms with van der Waals surface area (Å²) in [5, 5.41) is 0.681. The van der Waals surface area contributed by atoms with Gasteiger partial charge in [0.05, 0.1) is 11.4 Å². The third-order valence-corrected chi connectivity index (χ3v) is 10.1. The molecule has 9 heteroatoms. The number of rotatable bonds is 8. The fraction of sp³-hybridized carbons (Fsp3) is 0.312. The Labute approximate surface area is 246 Å². The Balaban J connectivity index is 1.32. The molecule has 6 rings (SSSR count). The Kier molecular flexibility index (Phi) is 7.49. The van der Waals surface area contributed by atoms with Crippen molar-refractivity contribution in [2.75, 3.05) is 4.90 Å². The molecule has 1 heterocycles. The van der Waals surface area contributed by atoms with Crippen LogP contribution < -0.4 is 9.62 Å². The first kappa shape index (κ1) is 27.7. The van der Waals surface area contributed by atoms with Gasteiger partial charge in [0.1, 0.15) is 5.82 Å². The zero-order chi connectivity index (χ0) is 28.7. The minimum Gasteiger partial charge on any atom is -0.337 e. The van der Waals surface area contributed by atoms with Crippen LogP contribution in [0.15, 0.2) is 84.0 Å². The van der Waals surface area contributed by atoms with Crippen molar-refractivity contribution in [2.24, 2.45) is 13.0 Å². The topological polar surface area (TPSA) is 84.3 Å². The molecule has 1 saturated carbocycles. The van der Waals surface area contributed by atoms with Crippen molar-refractivity contribution in [3.8, 4) is 0 Å². The highest BCUT2D eigenvalue weighted by Crippen LogP contribution is 2.51. The lowest BCUT2D eigenvalue weighted by Crippen LogP contribution is -2.34. The van der Waals surface area contributed by atoms with Gasteiger partial charge in [0.2, 0.25) is 15.9 Å². The molecule has 1 fully saturated rings. The van der Waals surface area contributed by atoms with Gasteiger partial charge in [-0.2, -0.15) is 0 Å². The standard InChI is InChI=1S/C32H33ClN4O3S/c1-21-10-14-24(15-11-21)41(39,40)35-30-9-5-6-22-12-13-23(18-26(22)30)37(20-31-34-16-17-36(31)2)32(38)28-19-27(28)25-7-3-4-8-29(25)33/h3-4,7-8,10-18,27-28,30,35H,5-6,9,19-20H2,1-2H3/t27-,28-,30+/m0/s1. The highest BCUT2D eigenvalue weighted by molar-refractivity contribution is 7.89. The predicted octanol–water partition coefficient (Wildman–Crippen LogP) is 6.07. The number of imidazole rings is 1. The van der Waals surface area contributed by atoms with Gasteiger partial charge in [-0.05, 0) is 85.5 Å². The van der Waals surface area contributed by atoms with Crippen LogP contribution in [-0.4, -0.2) is 23.9 Å². The molecule has 7 nitrogen and oxygen atoms in total.